The van der Waals surface area contributed by atoms with Gasteiger partial charge in [0.05, 0.1) is 17.8 Å². The minimum absolute atomic E-state index is 0.585. The number of benzene rings is 5. The maximum absolute atomic E-state index is 4.97. The van der Waals surface area contributed by atoms with Crippen LogP contribution in [0, 0.1) is 0 Å². The van der Waals surface area contributed by atoms with Crippen LogP contribution in [0.25, 0.3) is 22.3 Å². The molecule has 10 rings (SSSR count). The molecule has 0 bridgehead atoms. The lowest BCUT2D eigenvalue weighted by molar-refractivity contribution is 0.578. The first-order valence-electron chi connectivity index (χ1n) is 16.0. The quantitative estimate of drug-likeness (QED) is 0.222. The van der Waals surface area contributed by atoms with Crippen LogP contribution in [0.4, 0.5) is 11.6 Å². The third kappa shape index (κ3) is 3.21. The summed E-state index contributed by atoms with van der Waals surface area (Å²) in [5.74, 6) is 1.77. The third-order valence-electron chi connectivity index (χ3n) is 10.5. The maximum atomic E-state index is 4.97. The number of H-pyrrole nitrogens is 1. The van der Waals surface area contributed by atoms with Gasteiger partial charge in [0, 0.05) is 25.6 Å². The van der Waals surface area contributed by atoms with Gasteiger partial charge in [0.1, 0.15) is 5.54 Å². The summed E-state index contributed by atoms with van der Waals surface area (Å²) in [7, 11) is 2.10. The van der Waals surface area contributed by atoms with Gasteiger partial charge in [-0.3, -0.25) is 5.10 Å². The number of aromatic nitrogens is 4. The van der Waals surface area contributed by atoms with Crippen LogP contribution in [0.2, 0.25) is 0 Å². The van der Waals surface area contributed by atoms with Crippen LogP contribution in [-0.4, -0.2) is 33.9 Å². The van der Waals surface area contributed by atoms with Crippen molar-refractivity contribution in [2.45, 2.75) is 11.0 Å². The molecule has 2 aliphatic carbocycles. The summed E-state index contributed by atoms with van der Waals surface area (Å²) >= 11 is 0. The topological polar surface area (TPSA) is 60.9 Å². The van der Waals surface area contributed by atoms with Gasteiger partial charge in [0.25, 0.3) is 0 Å². The number of rotatable bonds is 4. The van der Waals surface area contributed by atoms with Gasteiger partial charge < -0.3 is 9.80 Å². The predicted octanol–water partition coefficient (Wildman–Crippen LogP) is 7.75. The molecule has 0 amide bonds. The molecule has 3 aliphatic rings. The van der Waals surface area contributed by atoms with Crippen LogP contribution >= 0.6 is 0 Å². The van der Waals surface area contributed by atoms with E-state index in [1.807, 2.05) is 12.4 Å². The number of nitrogens with one attached hydrogen (secondary N) is 1. The van der Waals surface area contributed by atoms with E-state index in [1.54, 1.807) is 6.20 Å². The van der Waals surface area contributed by atoms with Crippen molar-refractivity contribution in [3.05, 3.63) is 185 Å². The monoisotopic (exact) mass is 606 g/mol. The SMILES string of the molecule is CN1CN(C2(c3cccc(C4(c5ccn[nH]5)c5ccccc5-c5ccccc54)c3)c3ccccc3-c3ccccc32)c2nccnc21. The molecule has 0 atom stereocenters. The van der Waals surface area contributed by atoms with Crippen molar-refractivity contribution in [1.82, 2.24) is 20.2 Å². The molecule has 0 saturated heterocycles. The van der Waals surface area contributed by atoms with Crippen molar-refractivity contribution in [3.63, 3.8) is 0 Å². The fourth-order valence-electron chi connectivity index (χ4n) is 8.80. The van der Waals surface area contributed by atoms with Crippen LogP contribution in [0.1, 0.15) is 39.1 Å². The highest BCUT2D eigenvalue weighted by atomic mass is 15.4. The van der Waals surface area contributed by atoms with Gasteiger partial charge in [-0.25, -0.2) is 9.97 Å². The van der Waals surface area contributed by atoms with Crippen LogP contribution in [0.5, 0.6) is 0 Å². The van der Waals surface area contributed by atoms with Gasteiger partial charge in [-0.05, 0) is 61.7 Å². The first kappa shape index (κ1) is 26.2. The summed E-state index contributed by atoms with van der Waals surface area (Å²) in [5, 5.41) is 7.92. The largest absolute Gasteiger partial charge is 0.339 e. The number of aromatic amines is 1. The Bertz CT molecular complexity index is 2250. The average molecular weight is 607 g/mol. The van der Waals surface area contributed by atoms with Crippen LogP contribution in [0.15, 0.2) is 146 Å². The lowest BCUT2D eigenvalue weighted by atomic mass is 9.68. The zero-order valence-corrected chi connectivity index (χ0v) is 25.8. The standard InChI is InChI=1S/C41H30N6/c1-46-26-47(39-38(46)42-23-24-43-39)41(35-19-8-4-15-31(35)32-16-5-9-20-36(32)41)28-12-10-11-27(25-28)40(37-21-22-44-45-37)33-17-6-2-13-29(33)30-14-3-7-18-34(30)40/h2-25H,26H2,1H3,(H,44,45). The lowest BCUT2D eigenvalue weighted by Gasteiger charge is -2.43. The molecule has 6 heteroatoms. The Labute approximate surface area is 273 Å². The molecule has 0 unspecified atom stereocenters. The van der Waals surface area contributed by atoms with Gasteiger partial charge in [0.15, 0.2) is 11.6 Å². The van der Waals surface area contributed by atoms with Crippen LogP contribution in [0.3, 0.4) is 0 Å². The smallest absolute Gasteiger partial charge is 0.174 e. The molecule has 7 aromatic rings. The molecule has 0 saturated carbocycles. The third-order valence-corrected chi connectivity index (χ3v) is 10.5. The van der Waals surface area contributed by atoms with Crippen molar-refractivity contribution in [1.29, 1.82) is 0 Å². The summed E-state index contributed by atoms with van der Waals surface area (Å²) < 4.78 is 0. The minimum Gasteiger partial charge on any atom is -0.339 e. The van der Waals surface area contributed by atoms with Crippen molar-refractivity contribution in [2.24, 2.45) is 0 Å². The lowest BCUT2D eigenvalue weighted by Crippen LogP contribution is -2.48. The fourth-order valence-corrected chi connectivity index (χ4v) is 8.80. The Hall–Kier alpha value is -6.01. The van der Waals surface area contributed by atoms with Gasteiger partial charge in [-0.1, -0.05) is 121 Å². The number of anilines is 2. The van der Waals surface area contributed by atoms with E-state index in [2.05, 4.69) is 154 Å². The Morgan fingerprint density at radius 2 is 1.09 bits per heavy atom. The molecule has 3 heterocycles. The summed E-state index contributed by atoms with van der Waals surface area (Å²) in [6.07, 6.45) is 5.46. The summed E-state index contributed by atoms with van der Waals surface area (Å²) in [6, 6.07) is 46.7. The van der Waals surface area contributed by atoms with Gasteiger partial charge in [-0.15, -0.1) is 0 Å². The molecule has 47 heavy (non-hydrogen) atoms. The van der Waals surface area contributed by atoms with Crippen molar-refractivity contribution < 1.29 is 0 Å². The van der Waals surface area contributed by atoms with Crippen molar-refractivity contribution >= 4 is 11.6 Å². The molecule has 1 aliphatic heterocycles. The molecular weight excluding hydrogens is 576 g/mol. The first-order valence-corrected chi connectivity index (χ1v) is 16.0. The Balaban J connectivity index is 1.32. The van der Waals surface area contributed by atoms with E-state index in [4.69, 9.17) is 9.97 Å². The number of hydrogen-bond acceptors (Lipinski definition) is 5. The van der Waals surface area contributed by atoms with E-state index in [0.717, 1.165) is 17.3 Å². The van der Waals surface area contributed by atoms with E-state index in [1.165, 1.54) is 55.6 Å². The molecule has 2 aromatic heterocycles. The summed E-state index contributed by atoms with van der Waals surface area (Å²) in [4.78, 5) is 14.4. The molecule has 0 fully saturated rings. The van der Waals surface area contributed by atoms with E-state index in [-0.39, 0.29) is 0 Å². The Morgan fingerprint density at radius 1 is 0.553 bits per heavy atom. The van der Waals surface area contributed by atoms with E-state index < -0.39 is 11.0 Å². The highest BCUT2D eigenvalue weighted by Gasteiger charge is 2.54. The summed E-state index contributed by atoms with van der Waals surface area (Å²) in [6.45, 7) is 0.642. The molecular formula is C41H30N6. The molecule has 224 valence electrons. The Morgan fingerprint density at radius 3 is 1.68 bits per heavy atom. The minimum atomic E-state index is -0.661. The van der Waals surface area contributed by atoms with E-state index >= 15 is 0 Å². The van der Waals surface area contributed by atoms with E-state index in [9.17, 15) is 0 Å². The van der Waals surface area contributed by atoms with Gasteiger partial charge >= 0.3 is 0 Å². The molecule has 1 N–H and O–H groups in total. The normalized spacial score (nSPS) is 15.9. The fraction of sp³-hybridized carbons (Fsp3) is 0.0976. The molecule has 0 radical (unpaired) electrons. The second-order valence-corrected chi connectivity index (χ2v) is 12.7. The molecule has 6 nitrogen and oxygen atoms in total. The summed E-state index contributed by atoms with van der Waals surface area (Å²) in [5.41, 5.74) is 12.1. The maximum Gasteiger partial charge on any atom is 0.174 e. The molecule has 5 aromatic carbocycles. The Kier molecular flexibility index (Phi) is 5.30. The van der Waals surface area contributed by atoms with Crippen LogP contribution in [-0.2, 0) is 11.0 Å². The highest BCUT2D eigenvalue weighted by Crippen LogP contribution is 2.59. The average Bonchev–Trinajstić information content (AvgIpc) is 3.91. The van der Waals surface area contributed by atoms with Gasteiger partial charge in [-0.2, -0.15) is 5.10 Å². The zero-order chi connectivity index (χ0) is 31.2. The second-order valence-electron chi connectivity index (χ2n) is 12.7. The van der Waals surface area contributed by atoms with Crippen molar-refractivity contribution in [3.8, 4) is 22.3 Å². The number of hydrogen-bond donors (Lipinski definition) is 1. The highest BCUT2D eigenvalue weighted by molar-refractivity contribution is 5.89. The predicted molar refractivity (Wildman–Crippen MR) is 185 cm³/mol. The van der Waals surface area contributed by atoms with E-state index in [0.29, 0.717) is 6.67 Å². The number of fused-ring (bicyclic) bond motifs is 7. The second kappa shape index (κ2) is 9.50. The molecule has 0 spiro atoms. The number of nitrogens with zero attached hydrogens (tertiary/aromatic N) is 5. The van der Waals surface area contributed by atoms with Gasteiger partial charge in [0.2, 0.25) is 0 Å². The zero-order valence-electron chi connectivity index (χ0n) is 25.8. The van der Waals surface area contributed by atoms with Crippen molar-refractivity contribution in [2.75, 3.05) is 23.5 Å². The first-order chi connectivity index (χ1) is 23.2. The van der Waals surface area contributed by atoms with Crippen LogP contribution < -0.4 is 9.80 Å².